The first-order chi connectivity index (χ1) is 17.9. The van der Waals surface area contributed by atoms with Crippen LogP contribution in [-0.4, -0.2) is 62.5 Å². The molecule has 0 aliphatic carbocycles. The third-order valence-electron chi connectivity index (χ3n) is 5.55. The lowest BCUT2D eigenvalue weighted by Crippen LogP contribution is -2.34. The number of carbonyl (C=O) groups excluding carboxylic acids is 2. The number of alkyl carbamates (subject to hydrolysis) is 1. The quantitative estimate of drug-likeness (QED) is 0.347. The van der Waals surface area contributed by atoms with Crippen molar-refractivity contribution in [2.24, 2.45) is 0 Å². The van der Waals surface area contributed by atoms with Gasteiger partial charge >= 0.3 is 12.2 Å². The first-order valence-electron chi connectivity index (χ1n) is 13.2. The molecule has 0 aliphatic rings. The molecule has 9 heteroatoms. The summed E-state index contributed by atoms with van der Waals surface area (Å²) in [5, 5.41) is 2.82. The lowest BCUT2D eigenvalue weighted by atomic mass is 10.2. The van der Waals surface area contributed by atoms with Crippen molar-refractivity contribution < 1.29 is 19.1 Å². The Morgan fingerprint density at radius 3 is 2.32 bits per heavy atom. The van der Waals surface area contributed by atoms with Crippen molar-refractivity contribution in [2.75, 3.05) is 19.6 Å². The van der Waals surface area contributed by atoms with Crippen LogP contribution in [0.4, 0.5) is 9.59 Å². The molecule has 0 unspecified atom stereocenters. The van der Waals surface area contributed by atoms with Gasteiger partial charge in [-0.1, -0.05) is 18.2 Å². The molecular formula is C29H41N5O4. The van der Waals surface area contributed by atoms with Crippen LogP contribution < -0.4 is 5.32 Å². The van der Waals surface area contributed by atoms with Crippen LogP contribution in [0.2, 0.25) is 0 Å². The predicted molar refractivity (Wildman–Crippen MR) is 148 cm³/mol. The molecule has 0 saturated heterocycles. The topological polar surface area (TPSA) is 98.6 Å². The fourth-order valence-electron chi connectivity index (χ4n) is 3.95. The number of imidazole rings is 1. The summed E-state index contributed by atoms with van der Waals surface area (Å²) < 4.78 is 12.6. The van der Waals surface area contributed by atoms with Crippen LogP contribution in [0.3, 0.4) is 0 Å². The first-order valence-corrected chi connectivity index (χ1v) is 13.2. The zero-order valence-electron chi connectivity index (χ0n) is 23.5. The second kappa shape index (κ2) is 12.9. The van der Waals surface area contributed by atoms with Crippen molar-refractivity contribution in [1.82, 2.24) is 24.8 Å². The maximum Gasteiger partial charge on any atom is 0.420 e. The van der Waals surface area contributed by atoms with E-state index in [1.165, 1.54) is 0 Å². The highest BCUT2D eigenvalue weighted by atomic mass is 16.6. The van der Waals surface area contributed by atoms with E-state index in [1.54, 1.807) is 10.8 Å². The maximum atomic E-state index is 13.2. The zero-order valence-corrected chi connectivity index (χ0v) is 23.5. The van der Waals surface area contributed by atoms with Crippen molar-refractivity contribution in [3.8, 4) is 0 Å². The number of carbonyl (C=O) groups is 2. The van der Waals surface area contributed by atoms with E-state index < -0.39 is 23.4 Å². The number of hydrogen-bond donors (Lipinski definition) is 1. The van der Waals surface area contributed by atoms with Crippen LogP contribution in [0.25, 0.3) is 11.0 Å². The number of rotatable bonds is 10. The number of amides is 1. The summed E-state index contributed by atoms with van der Waals surface area (Å²) in [4.78, 5) is 36.6. The largest absolute Gasteiger partial charge is 0.444 e. The summed E-state index contributed by atoms with van der Waals surface area (Å²) in [6.45, 7) is 13.6. The number of unbranched alkanes of at least 4 members (excludes halogenated alkanes) is 1. The van der Waals surface area contributed by atoms with Gasteiger partial charge in [0.2, 0.25) is 0 Å². The van der Waals surface area contributed by atoms with Crippen LogP contribution in [0.1, 0.15) is 65.9 Å². The molecule has 0 fully saturated rings. The molecule has 3 rings (SSSR count). The summed E-state index contributed by atoms with van der Waals surface area (Å²) in [7, 11) is 0. The van der Waals surface area contributed by atoms with Gasteiger partial charge in [0.15, 0.2) is 0 Å². The number of aromatic nitrogens is 3. The molecule has 3 aromatic rings. The Bertz CT molecular complexity index is 1200. The minimum absolute atomic E-state index is 0.407. The normalized spacial score (nSPS) is 12.1. The molecular weight excluding hydrogens is 482 g/mol. The van der Waals surface area contributed by atoms with E-state index in [0.717, 1.165) is 49.1 Å². The summed E-state index contributed by atoms with van der Waals surface area (Å²) >= 11 is 0. The van der Waals surface area contributed by atoms with Gasteiger partial charge in [-0.25, -0.2) is 19.1 Å². The van der Waals surface area contributed by atoms with Crippen molar-refractivity contribution in [1.29, 1.82) is 0 Å². The van der Waals surface area contributed by atoms with Gasteiger partial charge in [-0.3, -0.25) is 9.88 Å². The number of nitrogens with one attached hydrogen (secondary N) is 1. The number of fused-ring (bicyclic) bond motifs is 1. The van der Waals surface area contributed by atoms with Gasteiger partial charge in [-0.2, -0.15) is 0 Å². The SMILES string of the molecule is CC(C)(C)OC(=O)NCCCCN(CCc1ccccn1)Cc1nc2ccccc2n1C(=O)OC(C)(C)C. The predicted octanol–water partition coefficient (Wildman–Crippen LogP) is 5.56. The molecule has 0 spiro atoms. The maximum absolute atomic E-state index is 13.2. The Hall–Kier alpha value is -3.46. The highest BCUT2D eigenvalue weighted by molar-refractivity contribution is 5.87. The second-order valence-electron chi connectivity index (χ2n) is 11.3. The van der Waals surface area contributed by atoms with Crippen LogP contribution in [-0.2, 0) is 22.4 Å². The zero-order chi connectivity index (χ0) is 27.8. The van der Waals surface area contributed by atoms with Gasteiger partial charge in [-0.15, -0.1) is 0 Å². The molecule has 0 saturated carbocycles. The van der Waals surface area contributed by atoms with Crippen LogP contribution in [0.5, 0.6) is 0 Å². The molecule has 2 heterocycles. The third-order valence-corrected chi connectivity index (χ3v) is 5.55. The van der Waals surface area contributed by atoms with E-state index in [4.69, 9.17) is 14.5 Å². The van der Waals surface area contributed by atoms with Crippen molar-refractivity contribution >= 4 is 23.2 Å². The first kappa shape index (κ1) is 29.1. The van der Waals surface area contributed by atoms with E-state index >= 15 is 0 Å². The fraction of sp³-hybridized carbons (Fsp3) is 0.517. The summed E-state index contributed by atoms with van der Waals surface area (Å²) in [5.74, 6) is 0.633. The summed E-state index contributed by atoms with van der Waals surface area (Å²) in [6.07, 6.45) is 3.36. The molecule has 9 nitrogen and oxygen atoms in total. The van der Waals surface area contributed by atoms with E-state index in [-0.39, 0.29) is 0 Å². The lowest BCUT2D eigenvalue weighted by Gasteiger charge is -2.24. The van der Waals surface area contributed by atoms with E-state index in [9.17, 15) is 9.59 Å². The molecule has 0 aliphatic heterocycles. The average molecular weight is 524 g/mol. The van der Waals surface area contributed by atoms with Gasteiger partial charge < -0.3 is 14.8 Å². The molecule has 206 valence electrons. The number of hydrogen-bond acceptors (Lipinski definition) is 7. The molecule has 2 aromatic heterocycles. The van der Waals surface area contributed by atoms with Gasteiger partial charge in [0.25, 0.3) is 0 Å². The standard InChI is InChI=1S/C29H41N5O4/c1-28(2,3)37-26(35)31-18-11-12-19-33(20-16-22-13-9-10-17-30-22)21-25-32-23-14-7-8-15-24(23)34(25)27(36)38-29(4,5)6/h7-10,13-15,17H,11-12,16,18-21H2,1-6H3,(H,31,35). The van der Waals surface area contributed by atoms with Gasteiger partial charge in [0, 0.05) is 31.4 Å². The molecule has 0 radical (unpaired) electrons. The molecule has 1 amide bonds. The molecule has 0 atom stereocenters. The Balaban J connectivity index is 1.72. The molecule has 38 heavy (non-hydrogen) atoms. The smallest absolute Gasteiger partial charge is 0.420 e. The summed E-state index contributed by atoms with van der Waals surface area (Å²) in [6, 6.07) is 13.5. The number of nitrogens with zero attached hydrogens (tertiary/aromatic N) is 4. The Kier molecular flexibility index (Phi) is 9.85. The van der Waals surface area contributed by atoms with Crippen molar-refractivity contribution in [2.45, 2.75) is 78.6 Å². The van der Waals surface area contributed by atoms with Crippen LogP contribution >= 0.6 is 0 Å². The molecule has 0 bridgehead atoms. The minimum atomic E-state index is -0.625. The summed E-state index contributed by atoms with van der Waals surface area (Å²) in [5.41, 5.74) is 1.33. The van der Waals surface area contributed by atoms with E-state index in [2.05, 4.69) is 15.2 Å². The van der Waals surface area contributed by atoms with Gasteiger partial charge in [0.1, 0.15) is 17.0 Å². The van der Waals surface area contributed by atoms with Crippen molar-refractivity contribution in [3.63, 3.8) is 0 Å². The van der Waals surface area contributed by atoms with Gasteiger partial charge in [-0.05, 0) is 85.2 Å². The number of pyridine rings is 1. The van der Waals surface area contributed by atoms with Crippen LogP contribution in [0, 0.1) is 0 Å². The van der Waals surface area contributed by atoms with Gasteiger partial charge in [0.05, 0.1) is 17.6 Å². The lowest BCUT2D eigenvalue weighted by molar-refractivity contribution is 0.0520. The molecule has 1 aromatic carbocycles. The fourth-order valence-corrected chi connectivity index (χ4v) is 3.95. The Morgan fingerprint density at radius 2 is 1.63 bits per heavy atom. The average Bonchev–Trinajstić information content (AvgIpc) is 3.18. The third kappa shape index (κ3) is 9.45. The Morgan fingerprint density at radius 1 is 0.921 bits per heavy atom. The monoisotopic (exact) mass is 523 g/mol. The second-order valence-corrected chi connectivity index (χ2v) is 11.3. The minimum Gasteiger partial charge on any atom is -0.444 e. The number of ether oxygens (including phenoxy) is 2. The number of benzene rings is 1. The highest BCUT2D eigenvalue weighted by Gasteiger charge is 2.24. The highest BCUT2D eigenvalue weighted by Crippen LogP contribution is 2.20. The van der Waals surface area contributed by atoms with E-state index in [1.807, 2.05) is 84.0 Å². The van der Waals surface area contributed by atoms with E-state index in [0.29, 0.717) is 18.9 Å². The van der Waals surface area contributed by atoms with Crippen molar-refractivity contribution in [3.05, 3.63) is 60.2 Å². The molecule has 1 N–H and O–H groups in total. The Labute approximate surface area is 225 Å². The number of para-hydroxylation sites is 2. The van der Waals surface area contributed by atoms with Crippen LogP contribution in [0.15, 0.2) is 48.7 Å².